The van der Waals surface area contributed by atoms with Gasteiger partial charge < -0.3 is 10.4 Å². The number of hydrogen-bond acceptors (Lipinski definition) is 3. The Morgan fingerprint density at radius 3 is 2.03 bits per heavy atom. The van der Waals surface area contributed by atoms with Crippen molar-refractivity contribution in [3.8, 4) is 0 Å². The van der Waals surface area contributed by atoms with Gasteiger partial charge in [-0.15, -0.1) is 0 Å². The number of anilines is 1. The molecule has 0 bridgehead atoms. The Balaban J connectivity index is 1.91. The van der Waals surface area contributed by atoms with Crippen LogP contribution in [0.3, 0.4) is 0 Å². The van der Waals surface area contributed by atoms with E-state index in [9.17, 15) is 9.90 Å². The molecule has 0 radical (unpaired) electrons. The van der Waals surface area contributed by atoms with Crippen molar-refractivity contribution in [2.45, 2.75) is 39.2 Å². The molecule has 0 aliphatic heterocycles. The maximum Gasteiger partial charge on any atom is 0.238 e. The first-order valence-electron chi connectivity index (χ1n) is 11.4. The molecule has 0 aliphatic rings. The van der Waals surface area contributed by atoms with E-state index in [1.807, 2.05) is 55.5 Å². The maximum atomic E-state index is 13.3. The number of hydrogen-bond donors (Lipinski definition) is 2. The number of nitrogens with one attached hydrogen (secondary N) is 1. The summed E-state index contributed by atoms with van der Waals surface area (Å²) in [4.78, 5) is 15.4. The molecule has 0 saturated heterocycles. The van der Waals surface area contributed by atoms with Crippen molar-refractivity contribution in [3.63, 3.8) is 0 Å². The van der Waals surface area contributed by atoms with E-state index in [1.54, 1.807) is 0 Å². The van der Waals surface area contributed by atoms with Crippen LogP contribution in [0.5, 0.6) is 0 Å². The number of amides is 1. The van der Waals surface area contributed by atoms with Gasteiger partial charge in [-0.2, -0.15) is 0 Å². The van der Waals surface area contributed by atoms with Crippen molar-refractivity contribution < 1.29 is 9.90 Å². The molecule has 0 aliphatic carbocycles. The molecule has 1 amide bonds. The predicted octanol–water partition coefficient (Wildman–Crippen LogP) is 5.53. The summed E-state index contributed by atoms with van der Waals surface area (Å²) in [5, 5.41) is 12.7. The number of aliphatic hydroxyl groups excluding tert-OH is 1. The van der Waals surface area contributed by atoms with E-state index in [4.69, 9.17) is 0 Å². The fraction of sp³-hybridized carbons (Fsp3) is 0.321. The van der Waals surface area contributed by atoms with Gasteiger partial charge in [0.25, 0.3) is 0 Å². The van der Waals surface area contributed by atoms with Gasteiger partial charge in [-0.05, 0) is 41.5 Å². The molecule has 3 aromatic rings. The first kappa shape index (κ1) is 23.7. The lowest BCUT2D eigenvalue weighted by Crippen LogP contribution is -2.38. The van der Waals surface area contributed by atoms with Gasteiger partial charge >= 0.3 is 0 Å². The van der Waals surface area contributed by atoms with Gasteiger partial charge in [0.1, 0.15) is 0 Å². The molecule has 3 aromatic carbocycles. The van der Waals surface area contributed by atoms with Crippen molar-refractivity contribution in [2.24, 2.45) is 0 Å². The van der Waals surface area contributed by atoms with Crippen LogP contribution in [-0.2, 0) is 4.79 Å². The zero-order chi connectivity index (χ0) is 22.9. The van der Waals surface area contributed by atoms with E-state index in [0.717, 1.165) is 27.9 Å². The molecule has 3 rings (SSSR count). The number of carbonyl (C=O) groups excluding carboxylic acids is 1. The molecule has 0 heterocycles. The normalized spacial score (nSPS) is 11.3. The summed E-state index contributed by atoms with van der Waals surface area (Å²) in [6.07, 6.45) is 0.602. The summed E-state index contributed by atoms with van der Waals surface area (Å²) in [7, 11) is 0. The van der Waals surface area contributed by atoms with Crippen molar-refractivity contribution in [1.29, 1.82) is 0 Å². The minimum absolute atomic E-state index is 0.0454. The fourth-order valence-electron chi connectivity index (χ4n) is 4.16. The van der Waals surface area contributed by atoms with Crippen molar-refractivity contribution >= 4 is 11.6 Å². The molecule has 0 saturated carbocycles. The first-order valence-corrected chi connectivity index (χ1v) is 11.4. The summed E-state index contributed by atoms with van der Waals surface area (Å²) in [6.45, 7) is 7.24. The molecule has 4 heteroatoms. The van der Waals surface area contributed by atoms with Gasteiger partial charge in [-0.1, -0.05) is 92.7 Å². The highest BCUT2D eigenvalue weighted by Crippen LogP contribution is 2.30. The van der Waals surface area contributed by atoms with Crippen molar-refractivity contribution in [2.75, 3.05) is 25.0 Å². The van der Waals surface area contributed by atoms with E-state index < -0.39 is 0 Å². The van der Waals surface area contributed by atoms with Gasteiger partial charge in [0, 0.05) is 18.8 Å². The van der Waals surface area contributed by atoms with Crippen LogP contribution >= 0.6 is 0 Å². The van der Waals surface area contributed by atoms with Gasteiger partial charge in [-0.3, -0.25) is 9.69 Å². The molecular formula is C28H34N2O2. The zero-order valence-electron chi connectivity index (χ0n) is 19.3. The van der Waals surface area contributed by atoms with E-state index in [1.165, 1.54) is 0 Å². The Kier molecular flexibility index (Phi) is 8.60. The second-order valence-corrected chi connectivity index (χ2v) is 8.51. The van der Waals surface area contributed by atoms with Crippen molar-refractivity contribution in [1.82, 2.24) is 4.90 Å². The van der Waals surface area contributed by atoms with Crippen LogP contribution in [0, 0.1) is 6.92 Å². The average molecular weight is 431 g/mol. The molecule has 0 fully saturated rings. The Labute approximate surface area is 191 Å². The smallest absolute Gasteiger partial charge is 0.238 e. The van der Waals surface area contributed by atoms with E-state index >= 15 is 0 Å². The SMILES string of the molecule is Cc1cccc(C(C)C)c1NC(=O)CN(CCCO)C(c1ccccc1)c1ccccc1. The number of aryl methyl sites for hydroxylation is 1. The van der Waals surface area contributed by atoms with Crippen LogP contribution < -0.4 is 5.32 Å². The topological polar surface area (TPSA) is 52.6 Å². The Bertz CT molecular complexity index is 947. The summed E-state index contributed by atoms with van der Waals surface area (Å²) in [6, 6.07) is 26.6. The molecule has 0 spiro atoms. The number of carbonyl (C=O) groups is 1. The lowest BCUT2D eigenvalue weighted by Gasteiger charge is -2.32. The highest BCUT2D eigenvalue weighted by molar-refractivity contribution is 5.94. The molecule has 168 valence electrons. The average Bonchev–Trinajstić information content (AvgIpc) is 2.80. The van der Waals surface area contributed by atoms with Crippen LogP contribution in [0.25, 0.3) is 0 Å². The lowest BCUT2D eigenvalue weighted by molar-refractivity contribution is -0.117. The number of aliphatic hydroxyl groups is 1. The third-order valence-corrected chi connectivity index (χ3v) is 5.74. The highest BCUT2D eigenvalue weighted by Gasteiger charge is 2.24. The predicted molar refractivity (Wildman–Crippen MR) is 132 cm³/mol. The van der Waals surface area contributed by atoms with Crippen LogP contribution in [0.1, 0.15) is 54.5 Å². The Hall–Kier alpha value is -2.95. The second-order valence-electron chi connectivity index (χ2n) is 8.51. The van der Waals surface area contributed by atoms with E-state index in [2.05, 4.69) is 54.4 Å². The third kappa shape index (κ3) is 6.06. The van der Waals surface area contributed by atoms with Crippen LogP contribution in [-0.4, -0.2) is 35.6 Å². The molecule has 0 unspecified atom stereocenters. The summed E-state index contributed by atoms with van der Waals surface area (Å²) >= 11 is 0. The van der Waals surface area contributed by atoms with Crippen LogP contribution in [0.15, 0.2) is 78.9 Å². The zero-order valence-corrected chi connectivity index (χ0v) is 19.3. The molecule has 2 N–H and O–H groups in total. The van der Waals surface area contributed by atoms with E-state index in [-0.39, 0.29) is 25.1 Å². The minimum Gasteiger partial charge on any atom is -0.396 e. The summed E-state index contributed by atoms with van der Waals surface area (Å²) < 4.78 is 0. The highest BCUT2D eigenvalue weighted by atomic mass is 16.3. The Morgan fingerprint density at radius 2 is 1.50 bits per heavy atom. The first-order chi connectivity index (χ1) is 15.5. The maximum absolute atomic E-state index is 13.3. The quantitative estimate of drug-likeness (QED) is 0.445. The molecule has 0 atom stereocenters. The van der Waals surface area contributed by atoms with Gasteiger partial charge in [0.05, 0.1) is 12.6 Å². The number of nitrogens with zero attached hydrogens (tertiary/aromatic N) is 1. The molecule has 0 aromatic heterocycles. The van der Waals surface area contributed by atoms with Gasteiger partial charge in [0.15, 0.2) is 0 Å². The van der Waals surface area contributed by atoms with Gasteiger partial charge in [-0.25, -0.2) is 0 Å². The standard InChI is InChI=1S/C28H34N2O2/c1-21(2)25-17-10-12-22(3)27(25)29-26(32)20-30(18-11-19-31)28(23-13-6-4-7-14-23)24-15-8-5-9-16-24/h4-10,12-17,21,28,31H,11,18-20H2,1-3H3,(H,29,32). The monoisotopic (exact) mass is 430 g/mol. The van der Waals surface area contributed by atoms with Crippen LogP contribution in [0.2, 0.25) is 0 Å². The molecule has 32 heavy (non-hydrogen) atoms. The number of benzene rings is 3. The summed E-state index contributed by atoms with van der Waals surface area (Å²) in [5.74, 6) is 0.271. The largest absolute Gasteiger partial charge is 0.396 e. The molecular weight excluding hydrogens is 396 g/mol. The van der Waals surface area contributed by atoms with E-state index in [0.29, 0.717) is 18.9 Å². The number of rotatable bonds is 10. The van der Waals surface area contributed by atoms with Crippen LogP contribution in [0.4, 0.5) is 5.69 Å². The fourth-order valence-corrected chi connectivity index (χ4v) is 4.16. The molecule has 4 nitrogen and oxygen atoms in total. The third-order valence-electron chi connectivity index (χ3n) is 5.74. The second kappa shape index (κ2) is 11.6. The summed E-state index contributed by atoms with van der Waals surface area (Å²) in [5.41, 5.74) is 5.37. The van der Waals surface area contributed by atoms with Crippen molar-refractivity contribution in [3.05, 3.63) is 101 Å². The lowest BCUT2D eigenvalue weighted by atomic mass is 9.96. The Morgan fingerprint density at radius 1 is 0.906 bits per heavy atom. The van der Waals surface area contributed by atoms with Gasteiger partial charge in [0.2, 0.25) is 5.91 Å². The number of para-hydroxylation sites is 1. The minimum atomic E-state index is -0.0730.